The molecule has 0 aliphatic carbocycles. The van der Waals surface area contributed by atoms with Crippen LogP contribution in [0.2, 0.25) is 0 Å². The average molecular weight is 405 g/mol. The highest BCUT2D eigenvalue weighted by atomic mass is 79.9. The van der Waals surface area contributed by atoms with E-state index >= 15 is 0 Å². The van der Waals surface area contributed by atoms with Gasteiger partial charge in [-0.15, -0.1) is 0 Å². The molecule has 0 fully saturated rings. The highest BCUT2D eigenvalue weighted by Crippen LogP contribution is 2.38. The molecule has 0 aliphatic heterocycles. The van der Waals surface area contributed by atoms with Gasteiger partial charge in [-0.05, 0) is 63.2 Å². The summed E-state index contributed by atoms with van der Waals surface area (Å²) >= 11 is 6.78. The molecular formula is C14H15Br2NO3. The van der Waals surface area contributed by atoms with Crippen molar-refractivity contribution in [2.24, 2.45) is 0 Å². The van der Waals surface area contributed by atoms with Crippen LogP contribution >= 0.6 is 31.9 Å². The summed E-state index contributed by atoms with van der Waals surface area (Å²) in [6.45, 7) is 0. The Labute approximate surface area is 134 Å². The fourth-order valence-corrected chi connectivity index (χ4v) is 2.85. The molecule has 1 aromatic heterocycles. The zero-order valence-electron chi connectivity index (χ0n) is 11.4. The Morgan fingerprint density at radius 3 is 2.30 bits per heavy atom. The molecule has 0 aliphatic rings. The molecule has 0 saturated carbocycles. The molecule has 0 amide bonds. The summed E-state index contributed by atoms with van der Waals surface area (Å²) in [6.07, 6.45) is 0. The van der Waals surface area contributed by atoms with Gasteiger partial charge in [-0.2, -0.15) is 0 Å². The fraction of sp³-hybridized carbons (Fsp3) is 0.286. The van der Waals surface area contributed by atoms with Crippen LogP contribution in [0.4, 0.5) is 0 Å². The van der Waals surface area contributed by atoms with Crippen molar-refractivity contribution in [1.82, 2.24) is 5.32 Å². The van der Waals surface area contributed by atoms with E-state index in [1.807, 2.05) is 31.3 Å². The number of benzene rings is 1. The van der Waals surface area contributed by atoms with E-state index in [4.69, 9.17) is 13.9 Å². The van der Waals surface area contributed by atoms with Crippen molar-refractivity contribution in [1.29, 1.82) is 0 Å². The molecule has 6 heteroatoms. The second-order valence-corrected chi connectivity index (χ2v) is 5.73. The maximum absolute atomic E-state index is 5.64. The maximum Gasteiger partial charge on any atom is 0.169 e. The second kappa shape index (κ2) is 6.65. The fourth-order valence-electron chi connectivity index (χ4n) is 2.04. The lowest BCUT2D eigenvalue weighted by Gasteiger charge is -2.19. The van der Waals surface area contributed by atoms with Crippen molar-refractivity contribution < 1.29 is 13.9 Å². The number of hydrogen-bond donors (Lipinski definition) is 1. The molecule has 4 nitrogen and oxygen atoms in total. The van der Waals surface area contributed by atoms with E-state index in [1.165, 1.54) is 0 Å². The molecule has 108 valence electrons. The third kappa shape index (κ3) is 3.02. The Bertz CT molecular complexity index is 598. The minimum atomic E-state index is -0.127. The lowest BCUT2D eigenvalue weighted by molar-refractivity contribution is 0.385. The Kier molecular flexibility index (Phi) is 5.12. The van der Waals surface area contributed by atoms with Gasteiger partial charge in [-0.1, -0.05) is 0 Å². The summed E-state index contributed by atoms with van der Waals surface area (Å²) in [5.41, 5.74) is 0.942. The van der Waals surface area contributed by atoms with E-state index in [1.54, 1.807) is 14.2 Å². The summed E-state index contributed by atoms with van der Waals surface area (Å²) in [5, 5.41) is 3.23. The quantitative estimate of drug-likeness (QED) is 0.813. The monoisotopic (exact) mass is 403 g/mol. The maximum atomic E-state index is 5.64. The van der Waals surface area contributed by atoms with Gasteiger partial charge >= 0.3 is 0 Å². The van der Waals surface area contributed by atoms with Crippen LogP contribution in [-0.4, -0.2) is 21.3 Å². The van der Waals surface area contributed by atoms with Crippen LogP contribution in [0.3, 0.4) is 0 Å². The topological polar surface area (TPSA) is 43.6 Å². The molecule has 1 heterocycles. The van der Waals surface area contributed by atoms with Gasteiger partial charge in [0, 0.05) is 5.56 Å². The average Bonchev–Trinajstić information content (AvgIpc) is 2.87. The van der Waals surface area contributed by atoms with Crippen LogP contribution in [-0.2, 0) is 0 Å². The van der Waals surface area contributed by atoms with Crippen molar-refractivity contribution in [3.05, 3.63) is 44.7 Å². The highest BCUT2D eigenvalue weighted by molar-refractivity contribution is 9.10. The molecule has 0 radical (unpaired) electrons. The Morgan fingerprint density at radius 2 is 1.80 bits per heavy atom. The minimum Gasteiger partial charge on any atom is -0.496 e. The first-order valence-electron chi connectivity index (χ1n) is 5.94. The van der Waals surface area contributed by atoms with Gasteiger partial charge in [0.15, 0.2) is 4.67 Å². The second-order valence-electron chi connectivity index (χ2n) is 4.09. The molecule has 20 heavy (non-hydrogen) atoms. The van der Waals surface area contributed by atoms with Crippen molar-refractivity contribution in [3.8, 4) is 11.5 Å². The highest BCUT2D eigenvalue weighted by Gasteiger charge is 2.22. The van der Waals surface area contributed by atoms with Gasteiger partial charge in [-0.3, -0.25) is 0 Å². The third-order valence-corrected chi connectivity index (χ3v) is 4.03. The molecule has 1 unspecified atom stereocenters. The van der Waals surface area contributed by atoms with E-state index < -0.39 is 0 Å². The van der Waals surface area contributed by atoms with E-state index in [-0.39, 0.29) is 6.04 Å². The molecule has 2 rings (SSSR count). The van der Waals surface area contributed by atoms with E-state index in [0.29, 0.717) is 4.67 Å². The molecular weight excluding hydrogens is 390 g/mol. The number of halogens is 2. The zero-order chi connectivity index (χ0) is 14.7. The van der Waals surface area contributed by atoms with E-state index in [9.17, 15) is 0 Å². The predicted octanol–water partition coefficient (Wildman–Crippen LogP) is 4.13. The van der Waals surface area contributed by atoms with Crippen molar-refractivity contribution in [2.75, 3.05) is 21.3 Å². The summed E-state index contributed by atoms with van der Waals surface area (Å²) in [6, 6.07) is 7.47. The summed E-state index contributed by atoms with van der Waals surface area (Å²) in [4.78, 5) is 0. The number of methoxy groups -OCH3 is 2. The van der Waals surface area contributed by atoms with Crippen molar-refractivity contribution in [3.63, 3.8) is 0 Å². The lowest BCUT2D eigenvalue weighted by atomic mass is 10.0. The lowest BCUT2D eigenvalue weighted by Crippen LogP contribution is -2.18. The number of nitrogens with one attached hydrogen (secondary N) is 1. The first-order chi connectivity index (χ1) is 9.60. The summed E-state index contributed by atoms with van der Waals surface area (Å²) < 4.78 is 18.0. The van der Waals surface area contributed by atoms with E-state index in [0.717, 1.165) is 27.3 Å². The van der Waals surface area contributed by atoms with Crippen LogP contribution in [0.1, 0.15) is 17.4 Å². The smallest absolute Gasteiger partial charge is 0.169 e. The van der Waals surface area contributed by atoms with Crippen LogP contribution < -0.4 is 14.8 Å². The van der Waals surface area contributed by atoms with Gasteiger partial charge in [0.2, 0.25) is 0 Å². The normalized spacial score (nSPS) is 12.2. The molecule has 0 spiro atoms. The third-order valence-electron chi connectivity index (χ3n) is 2.98. The number of hydrogen-bond acceptors (Lipinski definition) is 4. The number of ether oxygens (including phenoxy) is 2. The zero-order valence-corrected chi connectivity index (χ0v) is 14.5. The number of furan rings is 1. The summed E-state index contributed by atoms with van der Waals surface area (Å²) in [7, 11) is 5.14. The largest absolute Gasteiger partial charge is 0.496 e. The van der Waals surface area contributed by atoms with Crippen molar-refractivity contribution >= 4 is 31.9 Å². The first-order valence-corrected chi connectivity index (χ1v) is 7.53. The predicted molar refractivity (Wildman–Crippen MR) is 84.6 cm³/mol. The SMILES string of the molecule is CNC(c1ccc(Br)o1)c1cc(OC)c(Br)cc1OC. The molecule has 1 N–H and O–H groups in total. The van der Waals surface area contributed by atoms with E-state index in [2.05, 4.69) is 37.2 Å². The first kappa shape index (κ1) is 15.4. The van der Waals surface area contributed by atoms with Gasteiger partial charge in [-0.25, -0.2) is 0 Å². The standard InChI is InChI=1S/C14H15Br2NO3/c1-17-14(10-4-5-13(16)20-10)8-6-12(19-3)9(15)7-11(8)18-2/h4-7,14,17H,1-3H3. The Morgan fingerprint density at radius 1 is 1.10 bits per heavy atom. The van der Waals surface area contributed by atoms with Gasteiger partial charge < -0.3 is 19.2 Å². The van der Waals surface area contributed by atoms with Crippen LogP contribution in [0.15, 0.2) is 37.8 Å². The Hall–Kier alpha value is -0.980. The molecule has 2 aromatic rings. The van der Waals surface area contributed by atoms with Gasteiger partial charge in [0.25, 0.3) is 0 Å². The minimum absolute atomic E-state index is 0.127. The molecule has 1 atom stereocenters. The number of rotatable bonds is 5. The molecule has 0 saturated heterocycles. The van der Waals surface area contributed by atoms with Crippen LogP contribution in [0.25, 0.3) is 0 Å². The van der Waals surface area contributed by atoms with Crippen molar-refractivity contribution in [2.45, 2.75) is 6.04 Å². The Balaban J connectivity index is 2.53. The van der Waals surface area contributed by atoms with Crippen LogP contribution in [0, 0.1) is 0 Å². The molecule has 1 aromatic carbocycles. The van der Waals surface area contributed by atoms with Crippen LogP contribution in [0.5, 0.6) is 11.5 Å². The van der Waals surface area contributed by atoms with Gasteiger partial charge in [0.1, 0.15) is 17.3 Å². The van der Waals surface area contributed by atoms with Gasteiger partial charge in [0.05, 0.1) is 24.7 Å². The molecule has 0 bridgehead atoms. The summed E-state index contributed by atoms with van der Waals surface area (Å²) in [5.74, 6) is 2.29.